The summed E-state index contributed by atoms with van der Waals surface area (Å²) < 4.78 is 43.2. The summed E-state index contributed by atoms with van der Waals surface area (Å²) in [5.74, 6) is 0.950. The monoisotopic (exact) mass is 434 g/mol. The molecule has 2 aromatic rings. The van der Waals surface area contributed by atoms with E-state index in [2.05, 4.69) is 5.32 Å². The van der Waals surface area contributed by atoms with E-state index in [9.17, 15) is 13.2 Å². The van der Waals surface area contributed by atoms with Crippen molar-refractivity contribution in [2.24, 2.45) is 5.92 Å². The van der Waals surface area contributed by atoms with Gasteiger partial charge in [-0.3, -0.25) is 4.79 Å². The van der Waals surface area contributed by atoms with Crippen molar-refractivity contribution in [2.45, 2.75) is 17.7 Å². The number of sulfonamides is 1. The Labute approximate surface area is 176 Å². The lowest BCUT2D eigenvalue weighted by atomic mass is 9.97. The molecule has 9 heteroatoms. The van der Waals surface area contributed by atoms with Crippen LogP contribution in [0.5, 0.6) is 17.2 Å². The lowest BCUT2D eigenvalue weighted by Gasteiger charge is -2.31. The van der Waals surface area contributed by atoms with E-state index in [-0.39, 0.29) is 35.6 Å². The minimum absolute atomic E-state index is 0.0589. The van der Waals surface area contributed by atoms with Crippen molar-refractivity contribution in [1.82, 2.24) is 4.31 Å². The number of benzene rings is 2. The fraction of sp³-hybridized carbons (Fsp3) is 0.381. The van der Waals surface area contributed by atoms with Gasteiger partial charge < -0.3 is 19.5 Å². The first kappa shape index (κ1) is 21.9. The van der Waals surface area contributed by atoms with Crippen LogP contribution in [0.25, 0.3) is 0 Å². The van der Waals surface area contributed by atoms with E-state index in [0.717, 1.165) is 0 Å². The topological polar surface area (TPSA) is 94.2 Å². The molecule has 8 nitrogen and oxygen atoms in total. The number of rotatable bonds is 7. The van der Waals surface area contributed by atoms with Gasteiger partial charge in [0.05, 0.1) is 21.3 Å². The summed E-state index contributed by atoms with van der Waals surface area (Å²) in [6.07, 6.45) is 0.864. The van der Waals surface area contributed by atoms with Crippen LogP contribution >= 0.6 is 0 Å². The van der Waals surface area contributed by atoms with Crippen LogP contribution in [0.1, 0.15) is 12.8 Å². The fourth-order valence-corrected chi connectivity index (χ4v) is 5.07. The van der Waals surface area contributed by atoms with Crippen LogP contribution in [0.15, 0.2) is 47.4 Å². The van der Waals surface area contributed by atoms with Gasteiger partial charge in [0.25, 0.3) is 0 Å². The van der Waals surface area contributed by atoms with Crippen molar-refractivity contribution in [2.75, 3.05) is 39.7 Å². The number of piperidine rings is 1. The molecule has 0 aromatic heterocycles. The summed E-state index contributed by atoms with van der Waals surface area (Å²) >= 11 is 0. The standard InChI is InChI=1S/C21H26N2O6S/c1-27-17-6-4-5-16(13-17)22-21(24)15-9-11-23(12-10-15)30(25,26)20-14-18(28-2)7-8-19(20)29-3/h4-8,13-15H,9-12H2,1-3H3,(H,22,24). The molecule has 1 aliphatic rings. The van der Waals surface area contributed by atoms with E-state index >= 15 is 0 Å². The number of carbonyl (C=O) groups is 1. The zero-order chi connectivity index (χ0) is 21.7. The maximum atomic E-state index is 13.1. The highest BCUT2D eigenvalue weighted by atomic mass is 32.2. The molecule has 1 fully saturated rings. The van der Waals surface area contributed by atoms with E-state index in [1.54, 1.807) is 43.5 Å². The Morgan fingerprint density at radius 1 is 0.967 bits per heavy atom. The Morgan fingerprint density at radius 3 is 2.27 bits per heavy atom. The lowest BCUT2D eigenvalue weighted by Crippen LogP contribution is -2.41. The number of nitrogens with one attached hydrogen (secondary N) is 1. The number of ether oxygens (including phenoxy) is 3. The predicted molar refractivity (Wildman–Crippen MR) is 113 cm³/mol. The zero-order valence-corrected chi connectivity index (χ0v) is 18.1. The van der Waals surface area contributed by atoms with Gasteiger partial charge in [0.15, 0.2) is 0 Å². The summed E-state index contributed by atoms with van der Waals surface area (Å²) in [6, 6.07) is 11.8. The molecule has 2 aromatic carbocycles. The summed E-state index contributed by atoms with van der Waals surface area (Å²) in [4.78, 5) is 12.7. The third-order valence-electron chi connectivity index (χ3n) is 5.15. The van der Waals surface area contributed by atoms with Crippen LogP contribution in [0.2, 0.25) is 0 Å². The minimum atomic E-state index is -3.77. The Hall–Kier alpha value is -2.78. The van der Waals surface area contributed by atoms with Gasteiger partial charge in [0.2, 0.25) is 15.9 Å². The molecule has 30 heavy (non-hydrogen) atoms. The number of amides is 1. The molecule has 0 spiro atoms. The molecule has 0 saturated carbocycles. The summed E-state index contributed by atoms with van der Waals surface area (Å²) in [5.41, 5.74) is 0.649. The zero-order valence-electron chi connectivity index (χ0n) is 17.3. The predicted octanol–water partition coefficient (Wildman–Crippen LogP) is 2.75. The van der Waals surface area contributed by atoms with Gasteiger partial charge in [-0.25, -0.2) is 8.42 Å². The summed E-state index contributed by atoms with van der Waals surface area (Å²) in [5, 5.41) is 2.88. The Bertz CT molecular complexity index is 1000. The van der Waals surface area contributed by atoms with Crippen LogP contribution in [0.3, 0.4) is 0 Å². The molecule has 1 saturated heterocycles. The van der Waals surface area contributed by atoms with Crippen molar-refractivity contribution in [3.63, 3.8) is 0 Å². The Balaban J connectivity index is 1.68. The molecule has 0 radical (unpaired) electrons. The molecular weight excluding hydrogens is 408 g/mol. The largest absolute Gasteiger partial charge is 0.497 e. The van der Waals surface area contributed by atoms with E-state index in [0.29, 0.717) is 30.0 Å². The molecule has 0 bridgehead atoms. The number of hydrogen-bond acceptors (Lipinski definition) is 6. The fourth-order valence-electron chi connectivity index (χ4n) is 3.43. The SMILES string of the molecule is COc1cccc(NC(=O)C2CCN(S(=O)(=O)c3cc(OC)ccc3OC)CC2)c1. The quantitative estimate of drug-likeness (QED) is 0.720. The van der Waals surface area contributed by atoms with E-state index in [1.165, 1.54) is 24.6 Å². The van der Waals surface area contributed by atoms with Gasteiger partial charge in [-0.05, 0) is 37.1 Å². The average Bonchev–Trinajstić information content (AvgIpc) is 2.78. The Morgan fingerprint density at radius 2 is 1.63 bits per heavy atom. The summed E-state index contributed by atoms with van der Waals surface area (Å²) in [7, 11) is 0.693. The number of nitrogens with zero attached hydrogens (tertiary/aromatic N) is 1. The van der Waals surface area contributed by atoms with Crippen molar-refractivity contribution in [1.29, 1.82) is 0 Å². The van der Waals surface area contributed by atoms with E-state index in [1.807, 2.05) is 0 Å². The van der Waals surface area contributed by atoms with Crippen LogP contribution < -0.4 is 19.5 Å². The molecule has 0 aliphatic carbocycles. The third kappa shape index (κ3) is 4.68. The van der Waals surface area contributed by atoms with Gasteiger partial charge in [-0.2, -0.15) is 4.31 Å². The van der Waals surface area contributed by atoms with Gasteiger partial charge >= 0.3 is 0 Å². The molecule has 1 heterocycles. The van der Waals surface area contributed by atoms with Crippen LogP contribution in [-0.2, 0) is 14.8 Å². The first-order valence-corrected chi connectivity index (χ1v) is 11.0. The van der Waals surface area contributed by atoms with Gasteiger partial charge in [-0.1, -0.05) is 6.07 Å². The van der Waals surface area contributed by atoms with Crippen molar-refractivity contribution in [3.8, 4) is 17.2 Å². The molecular formula is C21H26N2O6S. The van der Waals surface area contributed by atoms with Crippen molar-refractivity contribution < 1.29 is 27.4 Å². The summed E-state index contributed by atoms with van der Waals surface area (Å²) in [6.45, 7) is 0.498. The number of carbonyl (C=O) groups excluding carboxylic acids is 1. The van der Waals surface area contributed by atoms with E-state index in [4.69, 9.17) is 14.2 Å². The van der Waals surface area contributed by atoms with Gasteiger partial charge in [-0.15, -0.1) is 0 Å². The maximum Gasteiger partial charge on any atom is 0.246 e. The highest BCUT2D eigenvalue weighted by molar-refractivity contribution is 7.89. The highest BCUT2D eigenvalue weighted by Crippen LogP contribution is 2.32. The minimum Gasteiger partial charge on any atom is -0.497 e. The first-order valence-electron chi connectivity index (χ1n) is 9.56. The number of methoxy groups -OCH3 is 3. The maximum absolute atomic E-state index is 13.1. The second-order valence-corrected chi connectivity index (χ2v) is 8.82. The molecule has 162 valence electrons. The molecule has 1 aliphatic heterocycles. The lowest BCUT2D eigenvalue weighted by molar-refractivity contribution is -0.120. The molecule has 1 amide bonds. The second-order valence-electron chi connectivity index (χ2n) is 6.92. The second kappa shape index (κ2) is 9.36. The number of hydrogen-bond donors (Lipinski definition) is 1. The number of anilines is 1. The highest BCUT2D eigenvalue weighted by Gasteiger charge is 2.34. The molecule has 0 atom stereocenters. The first-order chi connectivity index (χ1) is 14.4. The van der Waals surface area contributed by atoms with Crippen molar-refractivity contribution >= 4 is 21.6 Å². The van der Waals surface area contributed by atoms with Gasteiger partial charge in [0.1, 0.15) is 22.1 Å². The molecule has 3 rings (SSSR count). The molecule has 1 N–H and O–H groups in total. The molecule has 0 unspecified atom stereocenters. The smallest absolute Gasteiger partial charge is 0.246 e. The average molecular weight is 435 g/mol. The van der Waals surface area contributed by atoms with Gasteiger partial charge in [0, 0.05) is 36.8 Å². The van der Waals surface area contributed by atoms with Crippen LogP contribution in [0.4, 0.5) is 5.69 Å². The van der Waals surface area contributed by atoms with Crippen LogP contribution in [0, 0.1) is 5.92 Å². The van der Waals surface area contributed by atoms with Crippen molar-refractivity contribution in [3.05, 3.63) is 42.5 Å². The third-order valence-corrected chi connectivity index (χ3v) is 7.07. The normalized spacial score (nSPS) is 15.4. The van der Waals surface area contributed by atoms with Crippen LogP contribution in [-0.4, -0.2) is 53.0 Å². The van der Waals surface area contributed by atoms with E-state index < -0.39 is 10.0 Å². The Kier molecular flexibility index (Phi) is 6.84.